The lowest BCUT2D eigenvalue weighted by Crippen LogP contribution is -2.62. The van der Waals surface area contributed by atoms with Crippen molar-refractivity contribution in [1.29, 1.82) is 0 Å². The summed E-state index contributed by atoms with van der Waals surface area (Å²) in [6.07, 6.45) is 8.11. The molecule has 0 bridgehead atoms. The lowest BCUT2D eigenvalue weighted by Gasteiger charge is -2.55. The van der Waals surface area contributed by atoms with Crippen molar-refractivity contribution in [1.82, 2.24) is 0 Å². The van der Waals surface area contributed by atoms with Gasteiger partial charge in [-0.15, -0.1) is 0 Å². The molecule has 0 aromatic carbocycles. The van der Waals surface area contributed by atoms with E-state index in [2.05, 4.69) is 0 Å². The van der Waals surface area contributed by atoms with E-state index in [4.69, 9.17) is 27.9 Å². The lowest BCUT2D eigenvalue weighted by atomic mass is 9.69. The van der Waals surface area contributed by atoms with Gasteiger partial charge in [0.1, 0.15) is 5.60 Å². The molecule has 0 atom stereocenters. The fraction of sp³-hybridized carbons (Fsp3) is 0.583. The van der Waals surface area contributed by atoms with Gasteiger partial charge in [0, 0.05) is 5.41 Å². The van der Waals surface area contributed by atoms with Gasteiger partial charge in [-0.05, 0) is 37.8 Å². The summed E-state index contributed by atoms with van der Waals surface area (Å²) < 4.78 is 6.06. The van der Waals surface area contributed by atoms with Crippen LogP contribution in [0.1, 0.15) is 25.7 Å². The zero-order chi connectivity index (χ0) is 11.2. The van der Waals surface area contributed by atoms with Crippen LogP contribution in [-0.4, -0.2) is 17.0 Å². The number of Topliss-reactive ketones (excluding diaryl/α,β-unsaturated/α-hetero) is 1. The molecule has 3 fully saturated rings. The summed E-state index contributed by atoms with van der Waals surface area (Å²) in [5, 5.41) is 0.406. The number of hydrogen-bond acceptors (Lipinski definition) is 2. The normalized spacial score (nSPS) is 34.8. The molecular weight excluding hydrogens is 247 g/mol. The second-order valence-corrected chi connectivity index (χ2v) is 6.10. The molecule has 84 valence electrons. The number of allylic oxidation sites excluding steroid dienone is 2. The van der Waals surface area contributed by atoms with Crippen molar-refractivity contribution in [3.8, 4) is 0 Å². The number of ether oxygens (including phenoxy) is 1. The Morgan fingerprint density at radius 1 is 1.06 bits per heavy atom. The van der Waals surface area contributed by atoms with Crippen molar-refractivity contribution in [3.05, 3.63) is 22.2 Å². The van der Waals surface area contributed by atoms with Crippen molar-refractivity contribution in [2.75, 3.05) is 0 Å². The van der Waals surface area contributed by atoms with Crippen LogP contribution in [0.25, 0.3) is 0 Å². The van der Waals surface area contributed by atoms with Crippen molar-refractivity contribution >= 4 is 29.0 Å². The van der Waals surface area contributed by atoms with Gasteiger partial charge in [-0.1, -0.05) is 23.2 Å². The summed E-state index contributed by atoms with van der Waals surface area (Å²) in [4.78, 5) is 11.5. The van der Waals surface area contributed by atoms with E-state index in [0.717, 1.165) is 25.7 Å². The summed E-state index contributed by atoms with van der Waals surface area (Å²) in [6.45, 7) is 0. The number of rotatable bonds is 0. The Morgan fingerprint density at radius 3 is 2.06 bits per heavy atom. The average molecular weight is 257 g/mol. The Morgan fingerprint density at radius 2 is 1.62 bits per heavy atom. The maximum absolute atomic E-state index is 11.5. The molecule has 0 radical (unpaired) electrons. The molecular formula is C12H10Cl2O2. The molecule has 16 heavy (non-hydrogen) atoms. The fourth-order valence-corrected chi connectivity index (χ4v) is 4.07. The molecule has 4 rings (SSSR count). The molecule has 4 aliphatic rings. The Kier molecular flexibility index (Phi) is 1.47. The van der Waals surface area contributed by atoms with Crippen LogP contribution in [0.15, 0.2) is 22.2 Å². The van der Waals surface area contributed by atoms with E-state index in [-0.39, 0.29) is 26.9 Å². The van der Waals surface area contributed by atoms with E-state index in [1.807, 2.05) is 0 Å². The summed E-state index contributed by atoms with van der Waals surface area (Å²) in [5.74, 6) is -0.287. The van der Waals surface area contributed by atoms with Gasteiger partial charge in [-0.25, -0.2) is 0 Å². The van der Waals surface area contributed by atoms with Gasteiger partial charge in [0.25, 0.3) is 0 Å². The molecule has 4 heteroatoms. The smallest absolute Gasteiger partial charge is 0.215 e. The van der Waals surface area contributed by atoms with Crippen LogP contribution < -0.4 is 0 Å². The molecule has 3 spiro atoms. The number of carbonyl (C=O) groups is 1. The minimum absolute atomic E-state index is 0.0920. The summed E-state index contributed by atoms with van der Waals surface area (Å²) in [5.41, 5.74) is -0.193. The lowest BCUT2D eigenvalue weighted by molar-refractivity contribution is -0.246. The predicted octanol–water partition coefficient (Wildman–Crippen LogP) is 2.90. The van der Waals surface area contributed by atoms with Crippen molar-refractivity contribution in [2.45, 2.75) is 36.9 Å². The molecule has 0 aromatic heterocycles. The number of hydrogen-bond donors (Lipinski definition) is 0. The maximum Gasteiger partial charge on any atom is 0.215 e. The van der Waals surface area contributed by atoms with Gasteiger partial charge in [0.15, 0.2) is 0 Å². The third kappa shape index (κ3) is 0.825. The molecule has 0 unspecified atom stereocenters. The summed E-state index contributed by atoms with van der Waals surface area (Å²) in [7, 11) is 0. The highest BCUT2D eigenvalue weighted by molar-refractivity contribution is 6.55. The summed E-state index contributed by atoms with van der Waals surface area (Å²) >= 11 is 11.9. The van der Waals surface area contributed by atoms with Crippen LogP contribution in [0.3, 0.4) is 0 Å². The minimum Gasteiger partial charge on any atom is -0.359 e. The molecule has 2 nitrogen and oxygen atoms in total. The molecule has 0 aromatic rings. The Balaban J connectivity index is 1.82. The van der Waals surface area contributed by atoms with Crippen LogP contribution in [0.4, 0.5) is 0 Å². The molecule has 3 aliphatic carbocycles. The van der Waals surface area contributed by atoms with E-state index >= 15 is 0 Å². The van der Waals surface area contributed by atoms with Crippen LogP contribution in [0.2, 0.25) is 0 Å². The van der Waals surface area contributed by atoms with Crippen LogP contribution in [0, 0.1) is 5.41 Å². The van der Waals surface area contributed by atoms with E-state index < -0.39 is 5.60 Å². The first-order chi connectivity index (χ1) is 7.54. The zero-order valence-electron chi connectivity index (χ0n) is 8.56. The minimum atomic E-state index is -0.481. The first kappa shape index (κ1) is 9.69. The number of fused-ring (bicyclic) bond motifs is 2. The van der Waals surface area contributed by atoms with Crippen molar-refractivity contribution in [3.63, 3.8) is 0 Å². The van der Waals surface area contributed by atoms with Gasteiger partial charge in [0.2, 0.25) is 5.78 Å². The topological polar surface area (TPSA) is 26.3 Å². The average Bonchev–Trinajstić information content (AvgIpc) is 3.05. The molecule has 1 saturated heterocycles. The van der Waals surface area contributed by atoms with E-state index in [0.29, 0.717) is 0 Å². The second-order valence-electron chi connectivity index (χ2n) is 5.29. The predicted molar refractivity (Wildman–Crippen MR) is 60.3 cm³/mol. The van der Waals surface area contributed by atoms with Gasteiger partial charge < -0.3 is 4.74 Å². The van der Waals surface area contributed by atoms with E-state index in [1.165, 1.54) is 0 Å². The Bertz CT molecular complexity index is 459. The zero-order valence-corrected chi connectivity index (χ0v) is 10.1. The molecule has 1 aliphatic heterocycles. The highest BCUT2D eigenvalue weighted by atomic mass is 35.5. The Hall–Kier alpha value is -0.310. The van der Waals surface area contributed by atoms with Gasteiger partial charge in [-0.3, -0.25) is 4.79 Å². The highest BCUT2D eigenvalue weighted by Crippen LogP contribution is 2.81. The number of carbonyl (C=O) groups excluding carboxylic acids is 1. The highest BCUT2D eigenvalue weighted by Gasteiger charge is 2.84. The molecule has 0 amide bonds. The molecule has 0 N–H and O–H groups in total. The monoisotopic (exact) mass is 256 g/mol. The maximum atomic E-state index is 11.5. The van der Waals surface area contributed by atoms with Gasteiger partial charge in [-0.2, -0.15) is 0 Å². The quantitative estimate of drug-likeness (QED) is 0.667. The van der Waals surface area contributed by atoms with E-state index in [1.54, 1.807) is 12.2 Å². The largest absolute Gasteiger partial charge is 0.359 e. The molecule has 2 saturated carbocycles. The van der Waals surface area contributed by atoms with Gasteiger partial charge in [0.05, 0.1) is 15.7 Å². The van der Waals surface area contributed by atoms with E-state index in [9.17, 15) is 4.79 Å². The van der Waals surface area contributed by atoms with Crippen LogP contribution >= 0.6 is 23.2 Å². The van der Waals surface area contributed by atoms with Crippen LogP contribution in [-0.2, 0) is 9.53 Å². The van der Waals surface area contributed by atoms with Crippen LogP contribution in [0.5, 0.6) is 0 Å². The standard InChI is InChI=1S/C12H10Cl2O2/c13-7-5-12(6-8(14)9(7)15)10(1-2-10)11(16-12)3-4-11/h5-6H,1-4H2. The third-order valence-corrected chi connectivity index (χ3v) is 5.12. The fourth-order valence-electron chi connectivity index (χ4n) is 3.49. The third-order valence-electron chi connectivity index (χ3n) is 4.55. The summed E-state index contributed by atoms with van der Waals surface area (Å²) in [6, 6.07) is 0. The SMILES string of the molecule is O=C1C(Cl)=CC2(C=C1Cl)OC1(CC1)C21CC1. The first-order valence-corrected chi connectivity index (χ1v) is 6.32. The van der Waals surface area contributed by atoms with Crippen molar-refractivity contribution in [2.24, 2.45) is 5.41 Å². The number of ketones is 1. The second kappa shape index (κ2) is 2.43. The molecule has 1 heterocycles. The van der Waals surface area contributed by atoms with Gasteiger partial charge >= 0.3 is 0 Å². The Labute approximate surface area is 103 Å². The van der Waals surface area contributed by atoms with Crippen molar-refractivity contribution < 1.29 is 9.53 Å². The number of halogens is 2. The first-order valence-electron chi connectivity index (χ1n) is 5.56.